The van der Waals surface area contributed by atoms with Crippen molar-refractivity contribution >= 4 is 17.2 Å². The summed E-state index contributed by atoms with van der Waals surface area (Å²) in [5.41, 5.74) is 6.36. The summed E-state index contributed by atoms with van der Waals surface area (Å²) in [6, 6.07) is 7.59. The van der Waals surface area contributed by atoms with Crippen LogP contribution in [-0.2, 0) is 0 Å². The molecule has 0 atom stereocenters. The van der Waals surface area contributed by atoms with Crippen LogP contribution in [-0.4, -0.2) is 31.1 Å². The van der Waals surface area contributed by atoms with E-state index in [-0.39, 0.29) is 5.91 Å². The number of aromatic nitrogens is 1. The molecule has 0 aliphatic heterocycles. The molecule has 6 heteroatoms. The van der Waals surface area contributed by atoms with Crippen LogP contribution in [0.25, 0.3) is 10.6 Å². The van der Waals surface area contributed by atoms with Crippen LogP contribution in [0.2, 0.25) is 0 Å². The minimum absolute atomic E-state index is 0.101. The molecule has 0 spiro atoms. The third-order valence-corrected chi connectivity index (χ3v) is 3.78. The van der Waals surface area contributed by atoms with Crippen LogP contribution in [0.15, 0.2) is 30.5 Å². The molecule has 3 N–H and O–H groups in total. The predicted octanol–water partition coefficient (Wildman–Crippen LogP) is 1.90. The summed E-state index contributed by atoms with van der Waals surface area (Å²) < 4.78 is 5.11. The standard InChI is InChI=1S/C14H17N3O2S/c1-19-11-5-3-10(4-6-11)14-17-9-12(20-14)13(18)16-8-2-7-15/h3-6,9H,2,7-8,15H2,1H3,(H,16,18). The molecule has 0 saturated heterocycles. The molecule has 1 aromatic heterocycles. The highest BCUT2D eigenvalue weighted by molar-refractivity contribution is 7.16. The quantitative estimate of drug-likeness (QED) is 0.797. The summed E-state index contributed by atoms with van der Waals surface area (Å²) in [4.78, 5) is 16.8. The maximum absolute atomic E-state index is 11.9. The van der Waals surface area contributed by atoms with Crippen LogP contribution in [0.3, 0.4) is 0 Å². The van der Waals surface area contributed by atoms with Gasteiger partial charge in [-0.3, -0.25) is 4.79 Å². The molecule has 2 rings (SSSR count). The minimum Gasteiger partial charge on any atom is -0.497 e. The Morgan fingerprint density at radius 2 is 2.15 bits per heavy atom. The molecule has 0 aliphatic carbocycles. The average Bonchev–Trinajstić information content (AvgIpc) is 2.97. The van der Waals surface area contributed by atoms with Crippen molar-refractivity contribution in [1.29, 1.82) is 0 Å². The molecule has 2 aromatic rings. The van der Waals surface area contributed by atoms with Crippen molar-refractivity contribution < 1.29 is 9.53 Å². The third-order valence-electron chi connectivity index (χ3n) is 2.73. The van der Waals surface area contributed by atoms with Gasteiger partial charge in [0.2, 0.25) is 0 Å². The SMILES string of the molecule is COc1ccc(-c2ncc(C(=O)NCCCN)s2)cc1. The summed E-state index contributed by atoms with van der Waals surface area (Å²) in [7, 11) is 1.63. The molecule has 1 amide bonds. The molecule has 0 saturated carbocycles. The molecule has 0 fully saturated rings. The number of rotatable bonds is 6. The van der Waals surface area contributed by atoms with E-state index >= 15 is 0 Å². The Balaban J connectivity index is 2.05. The predicted molar refractivity (Wildman–Crippen MR) is 80.1 cm³/mol. The van der Waals surface area contributed by atoms with Gasteiger partial charge in [-0.25, -0.2) is 4.98 Å². The first-order chi connectivity index (χ1) is 9.74. The second-order valence-electron chi connectivity index (χ2n) is 4.16. The first-order valence-corrected chi connectivity index (χ1v) is 7.14. The van der Waals surface area contributed by atoms with E-state index < -0.39 is 0 Å². The third kappa shape index (κ3) is 3.55. The molecular formula is C14H17N3O2S. The van der Waals surface area contributed by atoms with E-state index in [9.17, 15) is 4.79 Å². The summed E-state index contributed by atoms with van der Waals surface area (Å²) in [6.45, 7) is 1.16. The van der Waals surface area contributed by atoms with Crippen LogP contribution in [0, 0.1) is 0 Å². The van der Waals surface area contributed by atoms with Gasteiger partial charge >= 0.3 is 0 Å². The fourth-order valence-electron chi connectivity index (χ4n) is 1.64. The maximum atomic E-state index is 11.9. The number of hydrogen-bond donors (Lipinski definition) is 2. The highest BCUT2D eigenvalue weighted by Crippen LogP contribution is 2.26. The Labute approximate surface area is 121 Å². The number of amides is 1. The van der Waals surface area contributed by atoms with Gasteiger partial charge in [-0.2, -0.15) is 0 Å². The molecule has 106 valence electrons. The topological polar surface area (TPSA) is 77.2 Å². The number of methoxy groups -OCH3 is 1. The van der Waals surface area contributed by atoms with Crippen LogP contribution in [0.5, 0.6) is 5.75 Å². The molecule has 20 heavy (non-hydrogen) atoms. The van der Waals surface area contributed by atoms with Crippen molar-refractivity contribution in [3.8, 4) is 16.3 Å². The fourth-order valence-corrected chi connectivity index (χ4v) is 2.48. The lowest BCUT2D eigenvalue weighted by Crippen LogP contribution is -2.25. The van der Waals surface area contributed by atoms with Crippen molar-refractivity contribution in [1.82, 2.24) is 10.3 Å². The Kier molecular flexibility index (Phi) is 5.09. The Hall–Kier alpha value is -1.92. The lowest BCUT2D eigenvalue weighted by Gasteiger charge is -2.01. The van der Waals surface area contributed by atoms with Crippen molar-refractivity contribution in [2.75, 3.05) is 20.2 Å². The number of nitrogens with zero attached hydrogens (tertiary/aromatic N) is 1. The zero-order chi connectivity index (χ0) is 14.4. The molecular weight excluding hydrogens is 274 g/mol. The number of ether oxygens (including phenoxy) is 1. The highest BCUT2D eigenvalue weighted by Gasteiger charge is 2.11. The van der Waals surface area contributed by atoms with Gasteiger partial charge in [-0.05, 0) is 37.2 Å². The first-order valence-electron chi connectivity index (χ1n) is 6.33. The van der Waals surface area contributed by atoms with Crippen molar-refractivity contribution in [3.05, 3.63) is 35.3 Å². The van der Waals surface area contributed by atoms with Gasteiger partial charge in [-0.15, -0.1) is 11.3 Å². The van der Waals surface area contributed by atoms with Crippen molar-refractivity contribution in [2.45, 2.75) is 6.42 Å². The molecule has 1 heterocycles. The van der Waals surface area contributed by atoms with E-state index in [1.54, 1.807) is 13.3 Å². The summed E-state index contributed by atoms with van der Waals surface area (Å²) >= 11 is 1.37. The van der Waals surface area contributed by atoms with Crippen LogP contribution in [0.4, 0.5) is 0 Å². The van der Waals surface area contributed by atoms with Crippen molar-refractivity contribution in [3.63, 3.8) is 0 Å². The second kappa shape index (κ2) is 7.02. The fraction of sp³-hybridized carbons (Fsp3) is 0.286. The largest absolute Gasteiger partial charge is 0.497 e. The van der Waals surface area contributed by atoms with Gasteiger partial charge < -0.3 is 15.8 Å². The number of carbonyl (C=O) groups is 1. The number of nitrogens with one attached hydrogen (secondary N) is 1. The molecule has 1 aromatic carbocycles. The van der Waals surface area contributed by atoms with Crippen molar-refractivity contribution in [2.24, 2.45) is 5.73 Å². The molecule has 0 unspecified atom stereocenters. The zero-order valence-electron chi connectivity index (χ0n) is 11.3. The number of carbonyl (C=O) groups excluding carboxylic acids is 1. The lowest BCUT2D eigenvalue weighted by molar-refractivity contribution is 0.0957. The van der Waals surface area contributed by atoms with Crippen LogP contribution >= 0.6 is 11.3 Å². The maximum Gasteiger partial charge on any atom is 0.263 e. The Morgan fingerprint density at radius 3 is 2.80 bits per heavy atom. The van der Waals surface area contributed by atoms with Crippen LogP contribution < -0.4 is 15.8 Å². The number of hydrogen-bond acceptors (Lipinski definition) is 5. The summed E-state index contributed by atoms with van der Waals surface area (Å²) in [6.07, 6.45) is 2.37. The van der Waals surface area contributed by atoms with Gasteiger partial charge in [0.15, 0.2) is 0 Å². The van der Waals surface area contributed by atoms with E-state index in [4.69, 9.17) is 10.5 Å². The van der Waals surface area contributed by atoms with E-state index in [1.165, 1.54) is 11.3 Å². The molecule has 0 aliphatic rings. The van der Waals surface area contributed by atoms with Crippen LogP contribution in [0.1, 0.15) is 16.1 Å². The normalized spacial score (nSPS) is 10.3. The molecule has 0 bridgehead atoms. The minimum atomic E-state index is -0.101. The van der Waals surface area contributed by atoms with E-state index in [0.717, 1.165) is 22.7 Å². The zero-order valence-corrected chi connectivity index (χ0v) is 12.1. The lowest BCUT2D eigenvalue weighted by atomic mass is 10.2. The first kappa shape index (κ1) is 14.5. The van der Waals surface area contributed by atoms with Gasteiger partial charge in [-0.1, -0.05) is 0 Å². The van der Waals surface area contributed by atoms with Gasteiger partial charge in [0.1, 0.15) is 15.6 Å². The number of benzene rings is 1. The Morgan fingerprint density at radius 1 is 1.40 bits per heavy atom. The van der Waals surface area contributed by atoms with E-state index in [2.05, 4.69) is 10.3 Å². The van der Waals surface area contributed by atoms with Gasteiger partial charge in [0.25, 0.3) is 5.91 Å². The summed E-state index contributed by atoms with van der Waals surface area (Å²) in [5.74, 6) is 0.695. The van der Waals surface area contributed by atoms with Gasteiger partial charge in [0.05, 0.1) is 13.3 Å². The monoisotopic (exact) mass is 291 g/mol. The van der Waals surface area contributed by atoms with E-state index in [0.29, 0.717) is 18.0 Å². The van der Waals surface area contributed by atoms with Gasteiger partial charge in [0, 0.05) is 12.1 Å². The highest BCUT2D eigenvalue weighted by atomic mass is 32.1. The second-order valence-corrected chi connectivity index (χ2v) is 5.19. The average molecular weight is 291 g/mol. The Bertz CT molecular complexity index is 566. The smallest absolute Gasteiger partial charge is 0.263 e. The molecule has 5 nitrogen and oxygen atoms in total. The number of thiazole rings is 1. The molecule has 0 radical (unpaired) electrons. The number of nitrogens with two attached hydrogens (primary N) is 1. The van der Waals surface area contributed by atoms with E-state index in [1.807, 2.05) is 24.3 Å². The summed E-state index contributed by atoms with van der Waals surface area (Å²) in [5, 5.41) is 3.63.